The van der Waals surface area contributed by atoms with E-state index < -0.39 is 0 Å². The van der Waals surface area contributed by atoms with Crippen molar-refractivity contribution in [3.05, 3.63) is 48.5 Å². The molecule has 0 spiro atoms. The molecule has 0 aliphatic carbocycles. The first-order valence-electron chi connectivity index (χ1n) is 9.35. The van der Waals surface area contributed by atoms with Crippen molar-refractivity contribution in [1.29, 1.82) is 0 Å². The van der Waals surface area contributed by atoms with Gasteiger partial charge in [-0.3, -0.25) is 9.59 Å². The van der Waals surface area contributed by atoms with Crippen molar-refractivity contribution in [3.63, 3.8) is 0 Å². The predicted octanol–water partition coefficient (Wildman–Crippen LogP) is 1.58. The number of methoxy groups -OCH3 is 1. The first-order chi connectivity index (χ1) is 13.6. The molecule has 1 unspecified atom stereocenters. The van der Waals surface area contributed by atoms with E-state index in [2.05, 4.69) is 10.6 Å². The molecule has 0 aromatic heterocycles. The molecule has 0 aliphatic heterocycles. The molecule has 2 rings (SSSR count). The Bertz CT molecular complexity index is 795. The molecule has 0 radical (unpaired) electrons. The number of nitrogens with one attached hydrogen (secondary N) is 3. The van der Waals surface area contributed by atoms with Gasteiger partial charge in [-0.25, -0.2) is 0 Å². The highest BCUT2D eigenvalue weighted by Crippen LogP contribution is 2.23. The van der Waals surface area contributed by atoms with Crippen LogP contribution in [0.25, 0.3) is 0 Å². The normalized spacial score (nSPS) is 11.4. The van der Waals surface area contributed by atoms with Gasteiger partial charge in [-0.1, -0.05) is 24.3 Å². The highest BCUT2D eigenvalue weighted by atomic mass is 16.5. The van der Waals surface area contributed by atoms with Crippen LogP contribution in [0.15, 0.2) is 48.5 Å². The summed E-state index contributed by atoms with van der Waals surface area (Å²) in [5.74, 6) is 0.877. The molecule has 0 fully saturated rings. The van der Waals surface area contributed by atoms with Gasteiger partial charge in [-0.15, -0.1) is 0 Å². The quantitative estimate of drug-likeness (QED) is 0.579. The maximum atomic E-state index is 12.4. The lowest BCUT2D eigenvalue weighted by Gasteiger charge is -2.18. The third kappa shape index (κ3) is 6.28. The van der Waals surface area contributed by atoms with Gasteiger partial charge in [0.05, 0.1) is 31.6 Å². The van der Waals surface area contributed by atoms with E-state index in [1.807, 2.05) is 44.2 Å². The number of hydrogen-bond donors (Lipinski definition) is 3. The topological polar surface area (TPSA) is 81.1 Å². The van der Waals surface area contributed by atoms with Crippen molar-refractivity contribution >= 4 is 23.2 Å². The molecule has 2 aromatic rings. The molecular weight excluding hydrogens is 358 g/mol. The molecular formula is C21H28N3O4+. The zero-order valence-electron chi connectivity index (χ0n) is 16.6. The molecule has 3 N–H and O–H groups in total. The first-order valence-corrected chi connectivity index (χ1v) is 9.35. The molecule has 2 aromatic carbocycles. The molecule has 28 heavy (non-hydrogen) atoms. The lowest BCUT2D eigenvalue weighted by atomic mass is 10.3. The predicted molar refractivity (Wildman–Crippen MR) is 109 cm³/mol. The van der Waals surface area contributed by atoms with Crippen LogP contribution in [0, 0.1) is 0 Å². The van der Waals surface area contributed by atoms with Gasteiger partial charge < -0.3 is 25.0 Å². The Hall–Kier alpha value is -3.06. The largest absolute Gasteiger partial charge is 0.495 e. The van der Waals surface area contributed by atoms with Gasteiger partial charge in [-0.05, 0) is 38.1 Å². The van der Waals surface area contributed by atoms with Crippen LogP contribution in [0.1, 0.15) is 13.8 Å². The molecule has 7 heteroatoms. The number of amides is 2. The summed E-state index contributed by atoms with van der Waals surface area (Å²) >= 11 is 0. The minimum absolute atomic E-state index is 0.172. The van der Waals surface area contributed by atoms with Crippen LogP contribution in [0.4, 0.5) is 11.4 Å². The zero-order valence-corrected chi connectivity index (χ0v) is 16.6. The number of ether oxygens (including phenoxy) is 2. The zero-order chi connectivity index (χ0) is 20.4. The average molecular weight is 386 g/mol. The van der Waals surface area contributed by atoms with Gasteiger partial charge in [0, 0.05) is 0 Å². The Morgan fingerprint density at radius 2 is 1.36 bits per heavy atom. The number of anilines is 2. The fourth-order valence-corrected chi connectivity index (χ4v) is 2.75. The molecule has 0 saturated heterocycles. The van der Waals surface area contributed by atoms with Crippen molar-refractivity contribution in [1.82, 2.24) is 0 Å². The van der Waals surface area contributed by atoms with Crippen molar-refractivity contribution in [2.75, 3.05) is 44.0 Å². The highest BCUT2D eigenvalue weighted by molar-refractivity contribution is 5.94. The standard InChI is InChI=1S/C21H27N3O4/c1-4-24(14-20(25)22-16-10-6-8-12-18(16)27-3)15-21(26)23-17-11-7-9-13-19(17)28-5-2/h6-13H,4-5,14-15H2,1-3H3,(H,22,25)(H,23,26)/p+1. The summed E-state index contributed by atoms with van der Waals surface area (Å²) in [7, 11) is 1.55. The van der Waals surface area contributed by atoms with Crippen molar-refractivity contribution < 1.29 is 24.0 Å². The Labute approximate surface area is 165 Å². The third-order valence-electron chi connectivity index (χ3n) is 4.16. The van der Waals surface area contributed by atoms with Crippen LogP contribution < -0.4 is 25.0 Å². The van der Waals surface area contributed by atoms with Gasteiger partial charge >= 0.3 is 0 Å². The minimum atomic E-state index is -0.177. The molecule has 0 saturated carbocycles. The van der Waals surface area contributed by atoms with E-state index in [1.165, 1.54) is 0 Å². The van der Waals surface area contributed by atoms with E-state index in [1.54, 1.807) is 25.3 Å². The van der Waals surface area contributed by atoms with Gasteiger partial charge in [-0.2, -0.15) is 0 Å². The molecule has 1 atom stereocenters. The van der Waals surface area contributed by atoms with Crippen LogP contribution >= 0.6 is 0 Å². The van der Waals surface area contributed by atoms with Gasteiger partial charge in [0.25, 0.3) is 11.8 Å². The number of rotatable bonds is 10. The van der Waals surface area contributed by atoms with E-state index in [0.717, 1.165) is 4.90 Å². The maximum Gasteiger partial charge on any atom is 0.279 e. The molecule has 2 amide bonds. The summed E-state index contributed by atoms with van der Waals surface area (Å²) in [6.45, 7) is 5.34. The first kappa shape index (κ1) is 21.2. The van der Waals surface area contributed by atoms with E-state index in [-0.39, 0.29) is 24.9 Å². The second-order valence-electron chi connectivity index (χ2n) is 6.18. The third-order valence-corrected chi connectivity index (χ3v) is 4.16. The number of carbonyl (C=O) groups is 2. The monoisotopic (exact) mass is 386 g/mol. The van der Waals surface area contributed by atoms with Crippen LogP contribution in [0.5, 0.6) is 11.5 Å². The van der Waals surface area contributed by atoms with Crippen LogP contribution in [0.2, 0.25) is 0 Å². The Balaban J connectivity index is 1.92. The number of quaternary nitrogens is 1. The summed E-state index contributed by atoms with van der Waals surface area (Å²) in [5, 5.41) is 5.70. The number of para-hydroxylation sites is 4. The van der Waals surface area contributed by atoms with E-state index in [0.29, 0.717) is 36.0 Å². The Kier molecular flexibility index (Phi) is 8.30. The molecule has 150 valence electrons. The number of hydrogen-bond acceptors (Lipinski definition) is 4. The summed E-state index contributed by atoms with van der Waals surface area (Å²) < 4.78 is 10.8. The lowest BCUT2D eigenvalue weighted by Crippen LogP contribution is -3.13. The molecule has 0 bridgehead atoms. The molecule has 0 heterocycles. The van der Waals surface area contributed by atoms with Crippen LogP contribution in [-0.4, -0.2) is 45.2 Å². The smallest absolute Gasteiger partial charge is 0.279 e. The lowest BCUT2D eigenvalue weighted by molar-refractivity contribution is -0.881. The SMILES string of the molecule is CCOc1ccccc1NC(=O)C[NH+](CC)CC(=O)Nc1ccccc1OC. The van der Waals surface area contributed by atoms with E-state index in [4.69, 9.17) is 9.47 Å². The molecule has 7 nitrogen and oxygen atoms in total. The number of carbonyl (C=O) groups excluding carboxylic acids is 2. The van der Waals surface area contributed by atoms with Gasteiger partial charge in [0.1, 0.15) is 11.5 Å². The fourth-order valence-electron chi connectivity index (χ4n) is 2.75. The Morgan fingerprint density at radius 1 is 0.857 bits per heavy atom. The van der Waals surface area contributed by atoms with Crippen LogP contribution in [0.3, 0.4) is 0 Å². The van der Waals surface area contributed by atoms with Gasteiger partial charge in [0.15, 0.2) is 13.1 Å². The van der Waals surface area contributed by atoms with E-state index >= 15 is 0 Å². The van der Waals surface area contributed by atoms with Gasteiger partial charge in [0.2, 0.25) is 0 Å². The summed E-state index contributed by atoms with van der Waals surface area (Å²) in [6, 6.07) is 14.5. The second kappa shape index (κ2) is 10.9. The second-order valence-corrected chi connectivity index (χ2v) is 6.18. The van der Waals surface area contributed by atoms with Crippen molar-refractivity contribution in [2.24, 2.45) is 0 Å². The summed E-state index contributed by atoms with van der Waals surface area (Å²) in [6.07, 6.45) is 0. The van der Waals surface area contributed by atoms with E-state index in [9.17, 15) is 9.59 Å². The minimum Gasteiger partial charge on any atom is -0.495 e. The summed E-state index contributed by atoms with van der Waals surface area (Å²) in [4.78, 5) is 25.7. The number of benzene rings is 2. The van der Waals surface area contributed by atoms with Crippen molar-refractivity contribution in [2.45, 2.75) is 13.8 Å². The fraction of sp³-hybridized carbons (Fsp3) is 0.333. The summed E-state index contributed by atoms with van der Waals surface area (Å²) in [5.41, 5.74) is 1.24. The highest BCUT2D eigenvalue weighted by Gasteiger charge is 2.18. The number of likely N-dealkylation sites (N-methyl/N-ethyl adjacent to an activating group) is 1. The molecule has 0 aliphatic rings. The Morgan fingerprint density at radius 3 is 1.86 bits per heavy atom. The van der Waals surface area contributed by atoms with Crippen molar-refractivity contribution in [3.8, 4) is 11.5 Å². The van der Waals surface area contributed by atoms with Crippen LogP contribution in [-0.2, 0) is 9.59 Å². The average Bonchev–Trinajstić information content (AvgIpc) is 2.69. The maximum absolute atomic E-state index is 12.4.